The summed E-state index contributed by atoms with van der Waals surface area (Å²) < 4.78 is 18.8. The van der Waals surface area contributed by atoms with Crippen LogP contribution in [0, 0.1) is 5.82 Å². The predicted octanol–water partition coefficient (Wildman–Crippen LogP) is 1.52. The lowest BCUT2D eigenvalue weighted by Gasteiger charge is -2.18. The summed E-state index contributed by atoms with van der Waals surface area (Å²) in [5.74, 6) is 0.300. The summed E-state index contributed by atoms with van der Waals surface area (Å²) in [7, 11) is 1.78. The smallest absolute Gasteiger partial charge is 0.224 e. The van der Waals surface area contributed by atoms with Crippen LogP contribution in [0.3, 0.4) is 0 Å². The van der Waals surface area contributed by atoms with Gasteiger partial charge in [-0.2, -0.15) is 4.98 Å². The molecule has 1 aromatic rings. The molecule has 1 aromatic heterocycles. The molecule has 1 N–H and O–H groups in total. The van der Waals surface area contributed by atoms with Crippen molar-refractivity contribution in [3.63, 3.8) is 0 Å². The zero-order valence-corrected chi connectivity index (χ0v) is 10.5. The van der Waals surface area contributed by atoms with E-state index in [9.17, 15) is 4.39 Å². The SMILES string of the molecule is CCNc1ncc(F)c(N(C)CCOCC)n1. The molecule has 6 heteroatoms. The van der Waals surface area contributed by atoms with Gasteiger partial charge in [-0.05, 0) is 13.8 Å². The summed E-state index contributed by atoms with van der Waals surface area (Å²) in [6, 6.07) is 0. The molecule has 17 heavy (non-hydrogen) atoms. The number of hydrogen-bond donors (Lipinski definition) is 1. The number of rotatable bonds is 7. The number of ether oxygens (including phenoxy) is 1. The minimum atomic E-state index is -0.425. The molecule has 0 aliphatic heterocycles. The number of likely N-dealkylation sites (N-methyl/N-ethyl adjacent to an activating group) is 1. The van der Waals surface area contributed by atoms with Gasteiger partial charge in [0.15, 0.2) is 11.6 Å². The number of hydrogen-bond acceptors (Lipinski definition) is 5. The van der Waals surface area contributed by atoms with Gasteiger partial charge >= 0.3 is 0 Å². The highest BCUT2D eigenvalue weighted by Gasteiger charge is 2.11. The Bertz CT molecular complexity index is 348. The Morgan fingerprint density at radius 1 is 1.47 bits per heavy atom. The Balaban J connectivity index is 2.69. The second-order valence-electron chi connectivity index (χ2n) is 3.51. The Morgan fingerprint density at radius 2 is 2.24 bits per heavy atom. The molecule has 96 valence electrons. The molecule has 1 heterocycles. The van der Waals surface area contributed by atoms with E-state index in [4.69, 9.17) is 4.74 Å². The van der Waals surface area contributed by atoms with Crippen LogP contribution < -0.4 is 10.2 Å². The Kier molecular flexibility index (Phi) is 5.62. The molecule has 0 saturated heterocycles. The van der Waals surface area contributed by atoms with Crippen LogP contribution in [0.25, 0.3) is 0 Å². The number of halogens is 1. The van der Waals surface area contributed by atoms with Crippen LogP contribution >= 0.6 is 0 Å². The first kappa shape index (κ1) is 13.6. The summed E-state index contributed by atoms with van der Waals surface area (Å²) in [5.41, 5.74) is 0. The second kappa shape index (κ2) is 7.01. The number of nitrogens with one attached hydrogen (secondary N) is 1. The molecule has 0 saturated carbocycles. The monoisotopic (exact) mass is 242 g/mol. The molecule has 0 aliphatic carbocycles. The molecule has 0 bridgehead atoms. The number of anilines is 2. The molecule has 0 radical (unpaired) electrons. The van der Waals surface area contributed by atoms with Gasteiger partial charge in [0.25, 0.3) is 0 Å². The van der Waals surface area contributed by atoms with Crippen molar-refractivity contribution < 1.29 is 9.13 Å². The van der Waals surface area contributed by atoms with E-state index in [-0.39, 0.29) is 5.82 Å². The maximum Gasteiger partial charge on any atom is 0.224 e. The van der Waals surface area contributed by atoms with Crippen molar-refractivity contribution in [1.29, 1.82) is 0 Å². The van der Waals surface area contributed by atoms with Crippen LogP contribution in [0.1, 0.15) is 13.8 Å². The fourth-order valence-corrected chi connectivity index (χ4v) is 1.32. The van der Waals surface area contributed by atoms with E-state index in [0.717, 1.165) is 0 Å². The van der Waals surface area contributed by atoms with Crippen molar-refractivity contribution in [2.75, 3.05) is 43.6 Å². The van der Waals surface area contributed by atoms with Gasteiger partial charge in [-0.15, -0.1) is 0 Å². The van der Waals surface area contributed by atoms with Gasteiger partial charge in [-0.25, -0.2) is 9.37 Å². The normalized spacial score (nSPS) is 10.4. The maximum atomic E-state index is 13.5. The van der Waals surface area contributed by atoms with Gasteiger partial charge in [-0.3, -0.25) is 0 Å². The largest absolute Gasteiger partial charge is 0.380 e. The molecular weight excluding hydrogens is 223 g/mol. The molecule has 0 aromatic carbocycles. The number of nitrogens with zero attached hydrogens (tertiary/aromatic N) is 3. The summed E-state index contributed by atoms with van der Waals surface area (Å²) in [5, 5.41) is 2.95. The first-order valence-corrected chi connectivity index (χ1v) is 5.74. The summed E-state index contributed by atoms with van der Waals surface area (Å²) in [6.07, 6.45) is 1.18. The lowest BCUT2D eigenvalue weighted by molar-refractivity contribution is 0.154. The zero-order chi connectivity index (χ0) is 12.7. The highest BCUT2D eigenvalue weighted by molar-refractivity contribution is 5.43. The van der Waals surface area contributed by atoms with Crippen molar-refractivity contribution in [2.24, 2.45) is 0 Å². The zero-order valence-electron chi connectivity index (χ0n) is 10.5. The third-order valence-corrected chi connectivity index (χ3v) is 2.20. The summed E-state index contributed by atoms with van der Waals surface area (Å²) >= 11 is 0. The van der Waals surface area contributed by atoms with E-state index in [1.54, 1.807) is 11.9 Å². The van der Waals surface area contributed by atoms with Crippen molar-refractivity contribution in [3.8, 4) is 0 Å². The second-order valence-corrected chi connectivity index (χ2v) is 3.51. The molecule has 5 nitrogen and oxygen atoms in total. The third kappa shape index (κ3) is 4.14. The Hall–Kier alpha value is -1.43. The van der Waals surface area contributed by atoms with Crippen LogP contribution in [-0.2, 0) is 4.74 Å². The highest BCUT2D eigenvalue weighted by Crippen LogP contribution is 2.15. The standard InChI is InChI=1S/C11H19FN4O/c1-4-13-11-14-8-9(12)10(15-11)16(3)6-7-17-5-2/h8H,4-7H2,1-3H3,(H,13,14,15). The quantitative estimate of drug-likeness (QED) is 0.735. The minimum Gasteiger partial charge on any atom is -0.380 e. The lowest BCUT2D eigenvalue weighted by atomic mass is 10.4. The van der Waals surface area contributed by atoms with E-state index in [1.807, 2.05) is 13.8 Å². The highest BCUT2D eigenvalue weighted by atomic mass is 19.1. The van der Waals surface area contributed by atoms with Crippen molar-refractivity contribution in [1.82, 2.24) is 9.97 Å². The van der Waals surface area contributed by atoms with Crippen LogP contribution in [0.5, 0.6) is 0 Å². The molecule has 0 aliphatic rings. The van der Waals surface area contributed by atoms with Gasteiger partial charge < -0.3 is 15.0 Å². The van der Waals surface area contributed by atoms with E-state index < -0.39 is 5.82 Å². The Morgan fingerprint density at radius 3 is 2.88 bits per heavy atom. The molecule has 1 rings (SSSR count). The predicted molar refractivity (Wildman–Crippen MR) is 65.9 cm³/mol. The van der Waals surface area contributed by atoms with Crippen molar-refractivity contribution in [3.05, 3.63) is 12.0 Å². The maximum absolute atomic E-state index is 13.5. The van der Waals surface area contributed by atoms with E-state index in [1.165, 1.54) is 6.20 Å². The lowest BCUT2D eigenvalue weighted by Crippen LogP contribution is -2.25. The van der Waals surface area contributed by atoms with Crippen LogP contribution in [0.2, 0.25) is 0 Å². The Labute approximate surface area is 101 Å². The van der Waals surface area contributed by atoms with Crippen LogP contribution in [0.15, 0.2) is 6.20 Å². The molecule has 0 unspecified atom stereocenters. The fourth-order valence-electron chi connectivity index (χ4n) is 1.32. The van der Waals surface area contributed by atoms with E-state index in [2.05, 4.69) is 15.3 Å². The van der Waals surface area contributed by atoms with Gasteiger partial charge in [0.2, 0.25) is 5.95 Å². The molecular formula is C11H19FN4O. The number of aromatic nitrogens is 2. The third-order valence-electron chi connectivity index (χ3n) is 2.20. The van der Waals surface area contributed by atoms with Crippen molar-refractivity contribution >= 4 is 11.8 Å². The fraction of sp³-hybridized carbons (Fsp3) is 0.636. The molecule has 0 amide bonds. The molecule has 0 fully saturated rings. The molecule has 0 atom stereocenters. The van der Waals surface area contributed by atoms with Crippen LogP contribution in [0.4, 0.5) is 16.2 Å². The summed E-state index contributed by atoms with van der Waals surface area (Å²) in [4.78, 5) is 9.68. The molecule has 0 spiro atoms. The minimum absolute atomic E-state index is 0.288. The average molecular weight is 242 g/mol. The van der Waals surface area contributed by atoms with Gasteiger partial charge in [0, 0.05) is 26.7 Å². The van der Waals surface area contributed by atoms with E-state index in [0.29, 0.717) is 32.3 Å². The van der Waals surface area contributed by atoms with E-state index >= 15 is 0 Å². The topological polar surface area (TPSA) is 50.3 Å². The first-order chi connectivity index (χ1) is 8.19. The van der Waals surface area contributed by atoms with Crippen molar-refractivity contribution in [2.45, 2.75) is 13.8 Å². The summed E-state index contributed by atoms with van der Waals surface area (Å²) in [6.45, 7) is 6.36. The van der Waals surface area contributed by atoms with Gasteiger partial charge in [-0.1, -0.05) is 0 Å². The average Bonchev–Trinajstić information content (AvgIpc) is 2.32. The van der Waals surface area contributed by atoms with Crippen LogP contribution in [-0.4, -0.2) is 43.3 Å². The van der Waals surface area contributed by atoms with Gasteiger partial charge in [0.05, 0.1) is 12.8 Å². The van der Waals surface area contributed by atoms with Gasteiger partial charge in [0.1, 0.15) is 0 Å². The first-order valence-electron chi connectivity index (χ1n) is 5.74.